The second kappa shape index (κ2) is 7.12. The van der Waals surface area contributed by atoms with Gasteiger partial charge in [-0.2, -0.15) is 0 Å². The first-order valence-corrected chi connectivity index (χ1v) is 5.54. The van der Waals surface area contributed by atoms with Crippen LogP contribution in [-0.2, 0) is 14.3 Å². The van der Waals surface area contributed by atoms with Crippen LogP contribution in [0.5, 0.6) is 0 Å². The summed E-state index contributed by atoms with van der Waals surface area (Å²) in [6.07, 6.45) is -0.300. The van der Waals surface area contributed by atoms with E-state index >= 15 is 0 Å². The Bertz CT molecular complexity index is 461. The van der Waals surface area contributed by atoms with E-state index in [0.717, 1.165) is 0 Å². The molecule has 0 aliphatic rings. The molecule has 0 unspecified atom stereocenters. The van der Waals surface area contributed by atoms with E-state index in [4.69, 9.17) is 16.2 Å². The summed E-state index contributed by atoms with van der Waals surface area (Å²) in [5, 5.41) is 2.38. The summed E-state index contributed by atoms with van der Waals surface area (Å²) in [5.74, 6) is -1.87. The van der Waals surface area contributed by atoms with Crippen molar-refractivity contribution in [2.75, 3.05) is 6.73 Å². The van der Waals surface area contributed by atoms with Crippen LogP contribution in [0, 0.1) is 0 Å². The summed E-state index contributed by atoms with van der Waals surface area (Å²) >= 11 is 0. The quantitative estimate of drug-likeness (QED) is 0.455. The maximum atomic E-state index is 11.6. The molecule has 0 aromatic heterocycles. The molecule has 0 heterocycles. The topological polar surface area (TPSA) is 125 Å². The number of nitrogens with one attached hydrogen (secondary N) is 1. The number of primary amides is 1. The lowest BCUT2D eigenvalue weighted by atomic mass is 10.2. The molecule has 2 amide bonds. The van der Waals surface area contributed by atoms with Crippen LogP contribution < -0.4 is 16.8 Å². The summed E-state index contributed by atoms with van der Waals surface area (Å²) in [6, 6.07) is 7.32. The molecule has 102 valence electrons. The highest BCUT2D eigenvalue weighted by Gasteiger charge is 2.17. The molecule has 0 radical (unpaired) electrons. The van der Waals surface area contributed by atoms with Crippen LogP contribution in [0.2, 0.25) is 0 Å². The third-order valence-electron chi connectivity index (χ3n) is 2.21. The highest BCUT2D eigenvalue weighted by Crippen LogP contribution is 1.97. The minimum atomic E-state index is -1.12. The van der Waals surface area contributed by atoms with Gasteiger partial charge in [0, 0.05) is 5.56 Å². The largest absolute Gasteiger partial charge is 0.443 e. The zero-order valence-corrected chi connectivity index (χ0v) is 10.2. The molecule has 0 aliphatic carbocycles. The van der Waals surface area contributed by atoms with Crippen LogP contribution in [0.25, 0.3) is 0 Å². The SMILES string of the molecule is NC(=O)C[C@H](N)C(=O)OCNC(=O)c1ccccc1. The van der Waals surface area contributed by atoms with E-state index in [1.54, 1.807) is 30.3 Å². The first-order chi connectivity index (χ1) is 9.00. The minimum Gasteiger partial charge on any atom is -0.443 e. The van der Waals surface area contributed by atoms with Gasteiger partial charge in [0.2, 0.25) is 5.91 Å². The van der Waals surface area contributed by atoms with E-state index in [1.165, 1.54) is 0 Å². The van der Waals surface area contributed by atoms with E-state index in [2.05, 4.69) is 5.32 Å². The molecule has 7 nitrogen and oxygen atoms in total. The molecule has 0 saturated heterocycles. The lowest BCUT2D eigenvalue weighted by molar-refractivity contribution is -0.146. The molecule has 5 N–H and O–H groups in total. The Kier molecular flexibility index (Phi) is 5.49. The van der Waals surface area contributed by atoms with Crippen LogP contribution in [0.1, 0.15) is 16.8 Å². The van der Waals surface area contributed by atoms with Crippen molar-refractivity contribution in [3.05, 3.63) is 35.9 Å². The molecule has 0 fully saturated rings. The third-order valence-corrected chi connectivity index (χ3v) is 2.21. The van der Waals surface area contributed by atoms with Crippen LogP contribution in [0.4, 0.5) is 0 Å². The molecule has 1 aromatic carbocycles. The Morgan fingerprint density at radius 2 is 1.84 bits per heavy atom. The normalized spacial score (nSPS) is 11.4. The van der Waals surface area contributed by atoms with Gasteiger partial charge in [-0.05, 0) is 12.1 Å². The molecule has 0 spiro atoms. The summed E-state index contributed by atoms with van der Waals surface area (Å²) in [7, 11) is 0. The molecular formula is C12H15N3O4. The second-order valence-corrected chi connectivity index (χ2v) is 3.76. The summed E-state index contributed by atoms with van der Waals surface area (Å²) in [6.45, 7) is -0.320. The van der Waals surface area contributed by atoms with E-state index < -0.39 is 17.9 Å². The number of hydrogen-bond donors (Lipinski definition) is 3. The van der Waals surface area contributed by atoms with Gasteiger partial charge in [-0.25, -0.2) is 0 Å². The van der Waals surface area contributed by atoms with Crippen molar-refractivity contribution in [3.8, 4) is 0 Å². The summed E-state index contributed by atoms with van der Waals surface area (Å²) in [4.78, 5) is 33.4. The first-order valence-electron chi connectivity index (χ1n) is 5.54. The van der Waals surface area contributed by atoms with Gasteiger partial charge in [-0.3, -0.25) is 14.4 Å². The molecule has 1 aromatic rings. The van der Waals surface area contributed by atoms with Crippen LogP contribution >= 0.6 is 0 Å². The fraction of sp³-hybridized carbons (Fsp3) is 0.250. The van der Waals surface area contributed by atoms with Crippen molar-refractivity contribution < 1.29 is 19.1 Å². The summed E-state index contributed by atoms with van der Waals surface area (Å²) in [5.41, 5.74) is 10.7. The number of esters is 1. The van der Waals surface area contributed by atoms with Crippen LogP contribution in [-0.4, -0.2) is 30.6 Å². The molecular weight excluding hydrogens is 250 g/mol. The number of ether oxygens (including phenoxy) is 1. The van der Waals surface area contributed by atoms with Crippen molar-refractivity contribution >= 4 is 17.8 Å². The monoisotopic (exact) mass is 265 g/mol. The minimum absolute atomic E-state index is 0.300. The number of nitrogens with two attached hydrogens (primary N) is 2. The number of rotatable bonds is 6. The van der Waals surface area contributed by atoms with Gasteiger partial charge in [0.15, 0.2) is 6.73 Å². The van der Waals surface area contributed by atoms with Gasteiger partial charge in [-0.1, -0.05) is 18.2 Å². The third kappa shape index (κ3) is 5.17. The van der Waals surface area contributed by atoms with Gasteiger partial charge in [0.25, 0.3) is 5.91 Å². The molecule has 19 heavy (non-hydrogen) atoms. The van der Waals surface area contributed by atoms with Crippen LogP contribution in [0.3, 0.4) is 0 Å². The lowest BCUT2D eigenvalue weighted by Gasteiger charge is -2.10. The molecule has 0 bridgehead atoms. The van der Waals surface area contributed by atoms with Crippen molar-refractivity contribution in [3.63, 3.8) is 0 Å². The molecule has 0 saturated carbocycles. The standard InChI is InChI=1S/C12H15N3O4/c13-9(6-10(14)16)12(18)19-7-15-11(17)8-4-2-1-3-5-8/h1-5,9H,6-7,13H2,(H2,14,16)(H,15,17)/t9-/m0/s1. The molecule has 1 rings (SSSR count). The maximum absolute atomic E-state index is 11.6. The highest BCUT2D eigenvalue weighted by molar-refractivity contribution is 5.94. The highest BCUT2D eigenvalue weighted by atomic mass is 16.5. The Morgan fingerprint density at radius 3 is 2.42 bits per heavy atom. The zero-order chi connectivity index (χ0) is 14.3. The Morgan fingerprint density at radius 1 is 1.21 bits per heavy atom. The van der Waals surface area contributed by atoms with Crippen molar-refractivity contribution in [2.45, 2.75) is 12.5 Å². The zero-order valence-electron chi connectivity index (χ0n) is 10.2. The van der Waals surface area contributed by atoms with E-state index in [0.29, 0.717) is 5.56 Å². The van der Waals surface area contributed by atoms with E-state index in [-0.39, 0.29) is 19.1 Å². The van der Waals surface area contributed by atoms with Crippen molar-refractivity contribution in [1.29, 1.82) is 0 Å². The van der Waals surface area contributed by atoms with Gasteiger partial charge in [-0.15, -0.1) is 0 Å². The maximum Gasteiger partial charge on any atom is 0.325 e. The number of carbonyl (C=O) groups excluding carboxylic acids is 3. The van der Waals surface area contributed by atoms with Gasteiger partial charge >= 0.3 is 5.97 Å². The Balaban J connectivity index is 2.32. The van der Waals surface area contributed by atoms with E-state index in [9.17, 15) is 14.4 Å². The number of amides is 2. The first kappa shape index (κ1) is 14.7. The molecule has 0 aliphatic heterocycles. The van der Waals surface area contributed by atoms with Crippen LogP contribution in [0.15, 0.2) is 30.3 Å². The smallest absolute Gasteiger partial charge is 0.325 e. The Hall–Kier alpha value is -2.41. The number of benzene rings is 1. The number of hydrogen-bond acceptors (Lipinski definition) is 5. The fourth-order valence-electron chi connectivity index (χ4n) is 1.27. The van der Waals surface area contributed by atoms with Crippen molar-refractivity contribution in [2.24, 2.45) is 11.5 Å². The predicted octanol–water partition coefficient (Wildman–Crippen LogP) is -0.880. The predicted molar refractivity (Wildman–Crippen MR) is 66.7 cm³/mol. The molecule has 7 heteroatoms. The average molecular weight is 265 g/mol. The number of carbonyl (C=O) groups is 3. The average Bonchev–Trinajstić information content (AvgIpc) is 2.38. The summed E-state index contributed by atoms with van der Waals surface area (Å²) < 4.78 is 4.69. The van der Waals surface area contributed by atoms with Gasteiger partial charge < -0.3 is 21.5 Å². The van der Waals surface area contributed by atoms with Gasteiger partial charge in [0.1, 0.15) is 6.04 Å². The fourth-order valence-corrected chi connectivity index (χ4v) is 1.27. The Labute approximate surface area is 109 Å². The van der Waals surface area contributed by atoms with E-state index in [1.807, 2.05) is 0 Å². The molecule has 1 atom stereocenters. The lowest BCUT2D eigenvalue weighted by Crippen LogP contribution is -2.38. The van der Waals surface area contributed by atoms with Gasteiger partial charge in [0.05, 0.1) is 6.42 Å². The van der Waals surface area contributed by atoms with Crippen molar-refractivity contribution in [1.82, 2.24) is 5.32 Å². The second-order valence-electron chi connectivity index (χ2n) is 3.76.